The Labute approximate surface area is 141 Å². The molecule has 1 aromatic carbocycles. The molecule has 0 unspecified atom stereocenters. The Morgan fingerprint density at radius 1 is 1.33 bits per heavy atom. The number of hydrogen-bond acceptors (Lipinski definition) is 5. The fourth-order valence-corrected chi connectivity index (χ4v) is 3.75. The van der Waals surface area contributed by atoms with Crippen LogP contribution in [0.5, 0.6) is 0 Å². The van der Waals surface area contributed by atoms with E-state index in [4.69, 9.17) is 0 Å². The van der Waals surface area contributed by atoms with E-state index in [9.17, 15) is 18.0 Å². The van der Waals surface area contributed by atoms with Gasteiger partial charge in [-0.1, -0.05) is 13.0 Å². The van der Waals surface area contributed by atoms with Gasteiger partial charge in [-0.3, -0.25) is 9.59 Å². The third-order valence-corrected chi connectivity index (χ3v) is 5.42. The lowest BCUT2D eigenvalue weighted by molar-refractivity contribution is -0.122. The lowest BCUT2D eigenvalue weighted by Crippen LogP contribution is -2.49. The van der Waals surface area contributed by atoms with Crippen LogP contribution in [0, 0.1) is 0 Å². The average Bonchev–Trinajstić information content (AvgIpc) is 2.58. The lowest BCUT2D eigenvalue weighted by atomic mass is 10.2. The molecule has 9 heteroatoms. The zero-order valence-electron chi connectivity index (χ0n) is 13.5. The molecule has 1 saturated heterocycles. The zero-order valence-corrected chi connectivity index (χ0v) is 14.4. The molecule has 0 atom stereocenters. The fraction of sp³-hybridized carbons (Fsp3) is 0.467. The lowest BCUT2D eigenvalue weighted by Gasteiger charge is -2.26. The Morgan fingerprint density at radius 3 is 2.83 bits per heavy atom. The van der Waals surface area contributed by atoms with E-state index >= 15 is 0 Å². The standard InChI is InChI=1S/C15H22N4O4S/c1-2-16-6-7-18-15(21)12-4-3-5-13(10-12)24(22,23)19-9-8-17-14(20)11-19/h3-5,10,16H,2,6-9,11H2,1H3,(H,17,20)(H,18,21). The van der Waals surface area contributed by atoms with Crippen molar-refractivity contribution in [1.29, 1.82) is 0 Å². The van der Waals surface area contributed by atoms with Crippen LogP contribution in [0.25, 0.3) is 0 Å². The maximum absolute atomic E-state index is 12.6. The van der Waals surface area contributed by atoms with Crippen molar-refractivity contribution in [3.05, 3.63) is 29.8 Å². The number of benzene rings is 1. The van der Waals surface area contributed by atoms with Crippen molar-refractivity contribution in [1.82, 2.24) is 20.3 Å². The van der Waals surface area contributed by atoms with E-state index in [1.807, 2.05) is 6.92 Å². The number of sulfonamides is 1. The Balaban J connectivity index is 2.11. The van der Waals surface area contributed by atoms with Gasteiger partial charge < -0.3 is 16.0 Å². The normalized spacial score (nSPS) is 15.8. The van der Waals surface area contributed by atoms with Gasteiger partial charge in [-0.2, -0.15) is 4.31 Å². The van der Waals surface area contributed by atoms with Crippen LogP contribution in [0.3, 0.4) is 0 Å². The maximum atomic E-state index is 12.6. The highest BCUT2D eigenvalue weighted by Gasteiger charge is 2.29. The summed E-state index contributed by atoms with van der Waals surface area (Å²) in [5, 5.41) is 8.39. The fourth-order valence-electron chi connectivity index (χ4n) is 2.31. The number of hydrogen-bond donors (Lipinski definition) is 3. The number of rotatable bonds is 7. The molecule has 1 fully saturated rings. The molecule has 0 aromatic heterocycles. The van der Waals surface area contributed by atoms with Crippen LogP contribution in [0.15, 0.2) is 29.2 Å². The average molecular weight is 354 g/mol. The Kier molecular flexibility index (Phi) is 6.29. The minimum atomic E-state index is -3.80. The van der Waals surface area contributed by atoms with Gasteiger partial charge in [0.15, 0.2) is 0 Å². The number of carbonyl (C=O) groups excluding carboxylic acids is 2. The largest absolute Gasteiger partial charge is 0.354 e. The topological polar surface area (TPSA) is 108 Å². The van der Waals surface area contributed by atoms with E-state index < -0.39 is 10.0 Å². The molecule has 1 aromatic rings. The quantitative estimate of drug-likeness (QED) is 0.553. The van der Waals surface area contributed by atoms with Crippen molar-refractivity contribution in [2.24, 2.45) is 0 Å². The highest BCUT2D eigenvalue weighted by Crippen LogP contribution is 2.17. The third kappa shape index (κ3) is 4.53. The van der Waals surface area contributed by atoms with Crippen molar-refractivity contribution in [2.45, 2.75) is 11.8 Å². The molecule has 1 aliphatic heterocycles. The van der Waals surface area contributed by atoms with E-state index in [1.54, 1.807) is 6.07 Å². The molecular formula is C15H22N4O4S. The Morgan fingerprint density at radius 2 is 2.12 bits per heavy atom. The second-order valence-corrected chi connectivity index (χ2v) is 7.26. The summed E-state index contributed by atoms with van der Waals surface area (Å²) >= 11 is 0. The summed E-state index contributed by atoms with van der Waals surface area (Å²) in [5.41, 5.74) is 0.272. The molecule has 0 aliphatic carbocycles. The zero-order chi connectivity index (χ0) is 17.6. The number of amides is 2. The number of likely N-dealkylation sites (N-methyl/N-ethyl adjacent to an activating group) is 1. The van der Waals surface area contributed by atoms with E-state index in [0.29, 0.717) is 13.1 Å². The molecule has 3 N–H and O–H groups in total. The second kappa shape index (κ2) is 8.22. The summed E-state index contributed by atoms with van der Waals surface area (Å²) in [6.45, 7) is 4.17. The third-order valence-electron chi connectivity index (χ3n) is 3.57. The highest BCUT2D eigenvalue weighted by molar-refractivity contribution is 7.89. The van der Waals surface area contributed by atoms with Crippen molar-refractivity contribution in [3.63, 3.8) is 0 Å². The van der Waals surface area contributed by atoms with Gasteiger partial charge in [0.05, 0.1) is 11.4 Å². The van der Waals surface area contributed by atoms with E-state index in [0.717, 1.165) is 10.8 Å². The molecule has 2 amide bonds. The van der Waals surface area contributed by atoms with Crippen molar-refractivity contribution < 1.29 is 18.0 Å². The summed E-state index contributed by atoms with van der Waals surface area (Å²) in [4.78, 5) is 23.5. The van der Waals surface area contributed by atoms with E-state index in [-0.39, 0.29) is 41.9 Å². The second-order valence-electron chi connectivity index (χ2n) is 5.33. The number of nitrogens with zero attached hydrogens (tertiary/aromatic N) is 1. The first kappa shape index (κ1) is 18.4. The summed E-state index contributed by atoms with van der Waals surface area (Å²) in [5.74, 6) is -0.663. The van der Waals surface area contributed by atoms with Gasteiger partial charge in [-0.25, -0.2) is 8.42 Å². The molecule has 0 bridgehead atoms. The Hall–Kier alpha value is -1.97. The van der Waals surface area contributed by atoms with E-state index in [1.165, 1.54) is 18.2 Å². The molecule has 8 nitrogen and oxygen atoms in total. The van der Waals surface area contributed by atoms with E-state index in [2.05, 4.69) is 16.0 Å². The minimum Gasteiger partial charge on any atom is -0.354 e. The predicted molar refractivity (Wildman–Crippen MR) is 89.1 cm³/mol. The molecule has 1 heterocycles. The monoisotopic (exact) mass is 354 g/mol. The minimum absolute atomic E-state index is 0.0107. The number of nitrogens with one attached hydrogen (secondary N) is 3. The molecule has 0 spiro atoms. The van der Waals surface area contributed by atoms with Gasteiger partial charge >= 0.3 is 0 Å². The van der Waals surface area contributed by atoms with Crippen LogP contribution in [0.4, 0.5) is 0 Å². The van der Waals surface area contributed by atoms with Crippen molar-refractivity contribution in [3.8, 4) is 0 Å². The van der Waals surface area contributed by atoms with Gasteiger partial charge in [0.25, 0.3) is 5.91 Å². The summed E-state index contributed by atoms with van der Waals surface area (Å²) in [6.07, 6.45) is 0. The number of carbonyl (C=O) groups is 2. The SMILES string of the molecule is CCNCCNC(=O)c1cccc(S(=O)(=O)N2CCNC(=O)C2)c1. The van der Waals surface area contributed by atoms with Crippen LogP contribution in [0.2, 0.25) is 0 Å². The summed E-state index contributed by atoms with van der Waals surface area (Å²) in [7, 11) is -3.80. The highest BCUT2D eigenvalue weighted by atomic mass is 32.2. The molecule has 132 valence electrons. The van der Waals surface area contributed by atoms with Crippen molar-refractivity contribution >= 4 is 21.8 Å². The summed E-state index contributed by atoms with van der Waals surface area (Å²) < 4.78 is 26.3. The maximum Gasteiger partial charge on any atom is 0.251 e. The molecule has 2 rings (SSSR count). The van der Waals surface area contributed by atoms with Gasteiger partial charge in [-0.15, -0.1) is 0 Å². The first-order chi connectivity index (χ1) is 11.4. The van der Waals surface area contributed by atoms with Crippen LogP contribution < -0.4 is 16.0 Å². The van der Waals surface area contributed by atoms with Crippen LogP contribution in [0.1, 0.15) is 17.3 Å². The van der Waals surface area contributed by atoms with Gasteiger partial charge in [0, 0.05) is 31.7 Å². The van der Waals surface area contributed by atoms with Gasteiger partial charge in [0.2, 0.25) is 15.9 Å². The molecule has 0 radical (unpaired) electrons. The molecular weight excluding hydrogens is 332 g/mol. The molecule has 0 saturated carbocycles. The number of piperazine rings is 1. The van der Waals surface area contributed by atoms with Crippen LogP contribution >= 0.6 is 0 Å². The van der Waals surface area contributed by atoms with Gasteiger partial charge in [-0.05, 0) is 24.7 Å². The molecule has 24 heavy (non-hydrogen) atoms. The summed E-state index contributed by atoms with van der Waals surface area (Å²) in [6, 6.07) is 5.85. The molecule has 1 aliphatic rings. The van der Waals surface area contributed by atoms with Crippen LogP contribution in [-0.2, 0) is 14.8 Å². The van der Waals surface area contributed by atoms with Crippen molar-refractivity contribution in [2.75, 3.05) is 39.3 Å². The first-order valence-electron chi connectivity index (χ1n) is 7.81. The predicted octanol–water partition coefficient (Wildman–Crippen LogP) is -0.854. The van der Waals surface area contributed by atoms with Gasteiger partial charge in [0.1, 0.15) is 0 Å². The smallest absolute Gasteiger partial charge is 0.251 e. The first-order valence-corrected chi connectivity index (χ1v) is 9.25. The Bertz CT molecular complexity index is 705. The van der Waals surface area contributed by atoms with Crippen LogP contribution in [-0.4, -0.2) is 63.8 Å².